The van der Waals surface area contributed by atoms with Crippen LogP contribution < -0.4 is 11.5 Å². The Bertz CT molecular complexity index is 1280. The van der Waals surface area contributed by atoms with Crippen LogP contribution in [0.1, 0.15) is 60.6 Å². The Morgan fingerprint density at radius 2 is 1.69 bits per heavy atom. The maximum Gasteiger partial charge on any atom is 0.231 e. The molecule has 8 nitrogen and oxygen atoms in total. The van der Waals surface area contributed by atoms with E-state index in [1.807, 2.05) is 24.3 Å². The number of rotatable bonds is 9. The highest BCUT2D eigenvalue weighted by Gasteiger charge is 2.29. The van der Waals surface area contributed by atoms with Crippen molar-refractivity contribution in [1.29, 1.82) is 0 Å². The first kappa shape index (κ1) is 23.9. The fourth-order valence-electron chi connectivity index (χ4n) is 5.72. The quantitative estimate of drug-likeness (QED) is 0.331. The molecule has 2 aromatic heterocycles. The Hall–Kier alpha value is -3.78. The summed E-state index contributed by atoms with van der Waals surface area (Å²) in [6.07, 6.45) is 5.14. The average molecular weight is 484 g/mol. The van der Waals surface area contributed by atoms with Crippen molar-refractivity contribution >= 4 is 22.9 Å². The first-order chi connectivity index (χ1) is 17.6. The number of nitrogens with one attached hydrogen (secondary N) is 1. The van der Waals surface area contributed by atoms with Gasteiger partial charge in [-0.15, -0.1) is 5.10 Å². The van der Waals surface area contributed by atoms with Gasteiger partial charge < -0.3 is 11.5 Å². The van der Waals surface area contributed by atoms with Gasteiger partial charge in [0, 0.05) is 12.0 Å². The maximum atomic E-state index is 12.0. The molecule has 2 aromatic carbocycles. The number of hydrogen-bond acceptors (Lipinski definition) is 6. The van der Waals surface area contributed by atoms with Crippen LogP contribution in [0, 0.1) is 0 Å². The van der Waals surface area contributed by atoms with Gasteiger partial charge in [0.1, 0.15) is 11.3 Å². The van der Waals surface area contributed by atoms with E-state index in [2.05, 4.69) is 67.8 Å². The van der Waals surface area contributed by atoms with Gasteiger partial charge in [0.15, 0.2) is 0 Å². The first-order valence-corrected chi connectivity index (χ1v) is 12.7. The van der Waals surface area contributed by atoms with Crippen LogP contribution in [0.15, 0.2) is 66.7 Å². The van der Waals surface area contributed by atoms with Crippen LogP contribution in [0.2, 0.25) is 0 Å². The molecule has 1 saturated carbocycles. The number of pyridine rings is 1. The number of nitrogen functional groups attached to an aromatic ring is 1. The van der Waals surface area contributed by atoms with Gasteiger partial charge in [-0.25, -0.2) is 4.98 Å². The van der Waals surface area contributed by atoms with E-state index in [0.717, 1.165) is 49.7 Å². The van der Waals surface area contributed by atoms with Crippen LogP contribution in [0.25, 0.3) is 11.2 Å². The molecule has 0 aliphatic heterocycles. The van der Waals surface area contributed by atoms with E-state index in [1.165, 1.54) is 11.1 Å². The minimum absolute atomic E-state index is 0.0279. The smallest absolute Gasteiger partial charge is 0.231 e. The summed E-state index contributed by atoms with van der Waals surface area (Å²) in [5, 5.41) is 11.2. The van der Waals surface area contributed by atoms with Gasteiger partial charge in [-0.3, -0.25) is 9.69 Å². The number of nitrogens with zero attached hydrogens (tertiary/aromatic N) is 4. The molecule has 36 heavy (non-hydrogen) atoms. The number of hydrogen-bond donors (Lipinski definition) is 3. The molecule has 1 aliphatic rings. The number of amides is 1. The summed E-state index contributed by atoms with van der Waals surface area (Å²) in [5.74, 6) is 0.736. The number of nitrogens with two attached hydrogens (primary N) is 2. The molecule has 1 aliphatic carbocycles. The SMILES string of the molecule is NC(=O)CN(CCC(c1ccccc1)c1cc(N)nc2n[nH]nc12)C1CCC(c2ccccc2)CC1. The summed E-state index contributed by atoms with van der Waals surface area (Å²) >= 11 is 0. The van der Waals surface area contributed by atoms with Crippen molar-refractivity contribution < 1.29 is 4.79 Å². The Morgan fingerprint density at radius 1 is 1.00 bits per heavy atom. The second kappa shape index (κ2) is 10.9. The van der Waals surface area contributed by atoms with Gasteiger partial charge in [0.25, 0.3) is 0 Å². The summed E-state index contributed by atoms with van der Waals surface area (Å²) in [6.45, 7) is 1.00. The molecule has 1 amide bonds. The van der Waals surface area contributed by atoms with Crippen LogP contribution in [0.4, 0.5) is 5.82 Å². The highest BCUT2D eigenvalue weighted by Crippen LogP contribution is 2.36. The molecule has 4 aromatic rings. The van der Waals surface area contributed by atoms with Crippen molar-refractivity contribution in [2.24, 2.45) is 5.73 Å². The highest BCUT2D eigenvalue weighted by atomic mass is 16.1. The molecule has 0 spiro atoms. The second-order valence-corrected chi connectivity index (χ2v) is 9.74. The topological polar surface area (TPSA) is 127 Å². The van der Waals surface area contributed by atoms with Crippen molar-refractivity contribution in [3.05, 3.63) is 83.4 Å². The summed E-state index contributed by atoms with van der Waals surface area (Å²) in [5.41, 5.74) is 16.6. The van der Waals surface area contributed by atoms with Gasteiger partial charge in [-0.05, 0) is 67.3 Å². The molecule has 1 atom stereocenters. The molecule has 0 radical (unpaired) electrons. The number of benzene rings is 2. The minimum Gasteiger partial charge on any atom is -0.384 e. The van der Waals surface area contributed by atoms with E-state index < -0.39 is 0 Å². The molecule has 5 rings (SSSR count). The predicted octanol–water partition coefficient (Wildman–Crippen LogP) is 3.97. The Balaban J connectivity index is 1.36. The maximum absolute atomic E-state index is 12.0. The summed E-state index contributed by atoms with van der Waals surface area (Å²) in [7, 11) is 0. The Kier molecular flexibility index (Phi) is 7.23. The summed E-state index contributed by atoms with van der Waals surface area (Å²) < 4.78 is 0. The molecule has 1 fully saturated rings. The lowest BCUT2D eigenvalue weighted by molar-refractivity contribution is -0.119. The van der Waals surface area contributed by atoms with Crippen LogP contribution >= 0.6 is 0 Å². The summed E-state index contributed by atoms with van der Waals surface area (Å²) in [6, 6.07) is 23.3. The van der Waals surface area contributed by atoms with Gasteiger partial charge >= 0.3 is 0 Å². The van der Waals surface area contributed by atoms with Crippen molar-refractivity contribution in [3.8, 4) is 0 Å². The van der Waals surface area contributed by atoms with Crippen molar-refractivity contribution in [2.45, 2.75) is 50.0 Å². The Morgan fingerprint density at radius 3 is 2.39 bits per heavy atom. The Labute approximate surface area is 211 Å². The largest absolute Gasteiger partial charge is 0.384 e. The zero-order valence-corrected chi connectivity index (χ0v) is 20.4. The number of carbonyl (C=O) groups excluding carboxylic acids is 1. The fourth-order valence-corrected chi connectivity index (χ4v) is 5.72. The van der Waals surface area contributed by atoms with E-state index in [9.17, 15) is 4.79 Å². The molecule has 8 heteroatoms. The van der Waals surface area contributed by atoms with Gasteiger partial charge in [0.2, 0.25) is 11.6 Å². The number of carbonyl (C=O) groups is 1. The molecule has 1 unspecified atom stereocenters. The zero-order valence-electron chi connectivity index (χ0n) is 20.4. The lowest BCUT2D eigenvalue weighted by atomic mass is 9.81. The van der Waals surface area contributed by atoms with E-state index in [-0.39, 0.29) is 18.4 Å². The van der Waals surface area contributed by atoms with E-state index in [4.69, 9.17) is 11.5 Å². The third-order valence-corrected chi connectivity index (χ3v) is 7.47. The highest BCUT2D eigenvalue weighted by molar-refractivity contribution is 5.77. The molecular formula is C28H33N7O. The molecule has 2 heterocycles. The molecule has 186 valence electrons. The number of aromatic nitrogens is 4. The van der Waals surface area contributed by atoms with E-state index >= 15 is 0 Å². The van der Waals surface area contributed by atoms with E-state index in [1.54, 1.807) is 0 Å². The van der Waals surface area contributed by atoms with Gasteiger partial charge in [-0.2, -0.15) is 10.3 Å². The molecule has 0 saturated heterocycles. The van der Waals surface area contributed by atoms with Crippen LogP contribution in [-0.4, -0.2) is 50.3 Å². The van der Waals surface area contributed by atoms with Gasteiger partial charge in [0.05, 0.1) is 6.54 Å². The molecular weight excluding hydrogens is 450 g/mol. The van der Waals surface area contributed by atoms with Gasteiger partial charge in [-0.1, -0.05) is 60.7 Å². The normalized spacial score (nSPS) is 18.9. The number of fused-ring (bicyclic) bond motifs is 1. The van der Waals surface area contributed by atoms with E-state index in [0.29, 0.717) is 23.4 Å². The lowest BCUT2D eigenvalue weighted by Gasteiger charge is -2.37. The number of H-pyrrole nitrogens is 1. The summed E-state index contributed by atoms with van der Waals surface area (Å²) in [4.78, 5) is 18.6. The third kappa shape index (κ3) is 5.39. The van der Waals surface area contributed by atoms with Crippen LogP contribution in [0.3, 0.4) is 0 Å². The first-order valence-electron chi connectivity index (χ1n) is 12.7. The second-order valence-electron chi connectivity index (χ2n) is 9.74. The predicted molar refractivity (Wildman–Crippen MR) is 141 cm³/mol. The molecule has 5 N–H and O–H groups in total. The van der Waals surface area contributed by atoms with Crippen molar-refractivity contribution in [2.75, 3.05) is 18.8 Å². The van der Waals surface area contributed by atoms with Crippen molar-refractivity contribution in [3.63, 3.8) is 0 Å². The lowest BCUT2D eigenvalue weighted by Crippen LogP contribution is -2.43. The zero-order chi connectivity index (χ0) is 24.9. The monoisotopic (exact) mass is 483 g/mol. The van der Waals surface area contributed by atoms with Crippen LogP contribution in [-0.2, 0) is 4.79 Å². The van der Waals surface area contributed by atoms with Crippen LogP contribution in [0.5, 0.6) is 0 Å². The van der Waals surface area contributed by atoms with Crippen molar-refractivity contribution in [1.82, 2.24) is 25.3 Å². The fraction of sp³-hybridized carbons (Fsp3) is 0.357. The standard InChI is InChI=1S/C28H33N7O/c29-25-17-24(27-28(31-25)33-34-32-27)23(21-9-5-2-6-10-21)15-16-35(18-26(30)36)22-13-11-20(12-14-22)19-7-3-1-4-8-19/h1-10,17,20,22-23H,11-16,18H2,(H2,30,36)(H3,29,31,32,33,34). The average Bonchev–Trinajstić information content (AvgIpc) is 3.37. The number of anilines is 1. The molecule has 0 bridgehead atoms. The number of primary amides is 1. The third-order valence-electron chi connectivity index (χ3n) is 7.47. The minimum atomic E-state index is -0.288. The number of aromatic amines is 1.